The van der Waals surface area contributed by atoms with Crippen molar-refractivity contribution in [2.75, 3.05) is 38.2 Å². The third-order valence-corrected chi connectivity index (χ3v) is 5.49. The standard InChI is InChI=1S/C26H33N3O5/c1-2-16-34-25(31)18-22-26(32)27-14-15-29(22)19-24(30)28-21-12-6-7-13-23(21)33-17-8-11-20-9-4-3-5-10-20/h3-7,9-10,12-13,22H,2,8,11,14-19H2,1H3,(H,27,32)(H,28,30). The lowest BCUT2D eigenvalue weighted by Gasteiger charge is -2.33. The maximum Gasteiger partial charge on any atom is 0.307 e. The number of amides is 2. The number of ether oxygens (including phenoxy) is 2. The van der Waals surface area contributed by atoms with Crippen LogP contribution in [-0.4, -0.2) is 61.6 Å². The number of nitrogens with zero attached hydrogens (tertiary/aromatic N) is 1. The molecule has 1 aliphatic heterocycles. The van der Waals surface area contributed by atoms with E-state index in [1.54, 1.807) is 11.0 Å². The Morgan fingerprint density at radius 1 is 1.09 bits per heavy atom. The molecule has 3 rings (SSSR count). The number of carbonyl (C=O) groups is 3. The molecule has 0 saturated carbocycles. The second-order valence-corrected chi connectivity index (χ2v) is 8.18. The molecule has 1 heterocycles. The smallest absolute Gasteiger partial charge is 0.307 e. The van der Waals surface area contributed by atoms with Crippen molar-refractivity contribution in [1.82, 2.24) is 10.2 Å². The van der Waals surface area contributed by atoms with Crippen LogP contribution in [0.2, 0.25) is 0 Å². The van der Waals surface area contributed by atoms with Crippen molar-refractivity contribution in [1.29, 1.82) is 0 Å². The summed E-state index contributed by atoms with van der Waals surface area (Å²) in [6.45, 7) is 3.63. The molecule has 0 bridgehead atoms. The first kappa shape index (κ1) is 25.2. The number of esters is 1. The zero-order valence-electron chi connectivity index (χ0n) is 19.6. The molecule has 1 aliphatic rings. The first-order valence-electron chi connectivity index (χ1n) is 11.8. The van der Waals surface area contributed by atoms with E-state index in [0.29, 0.717) is 44.2 Å². The van der Waals surface area contributed by atoms with Crippen molar-refractivity contribution < 1.29 is 23.9 Å². The Bertz CT molecular complexity index is 950. The van der Waals surface area contributed by atoms with E-state index in [4.69, 9.17) is 9.47 Å². The van der Waals surface area contributed by atoms with Gasteiger partial charge in [0, 0.05) is 13.1 Å². The van der Waals surface area contributed by atoms with Gasteiger partial charge in [0.1, 0.15) is 11.8 Å². The fourth-order valence-corrected chi connectivity index (χ4v) is 3.78. The molecule has 0 spiro atoms. The van der Waals surface area contributed by atoms with Gasteiger partial charge in [-0.3, -0.25) is 19.3 Å². The summed E-state index contributed by atoms with van der Waals surface area (Å²) in [6.07, 6.45) is 2.39. The molecule has 8 nitrogen and oxygen atoms in total. The van der Waals surface area contributed by atoms with E-state index in [1.807, 2.05) is 43.3 Å². The first-order valence-corrected chi connectivity index (χ1v) is 11.8. The fourth-order valence-electron chi connectivity index (χ4n) is 3.78. The highest BCUT2D eigenvalue weighted by atomic mass is 16.5. The van der Waals surface area contributed by atoms with E-state index >= 15 is 0 Å². The lowest BCUT2D eigenvalue weighted by atomic mass is 10.1. The lowest BCUT2D eigenvalue weighted by Crippen LogP contribution is -2.57. The third kappa shape index (κ3) is 7.88. The van der Waals surface area contributed by atoms with Gasteiger partial charge in [-0.05, 0) is 37.0 Å². The van der Waals surface area contributed by atoms with E-state index in [9.17, 15) is 14.4 Å². The number of benzene rings is 2. The van der Waals surface area contributed by atoms with Gasteiger partial charge in [-0.2, -0.15) is 0 Å². The number of nitrogens with one attached hydrogen (secondary N) is 2. The van der Waals surface area contributed by atoms with Gasteiger partial charge in [0.2, 0.25) is 11.8 Å². The maximum atomic E-state index is 12.8. The van der Waals surface area contributed by atoms with Crippen LogP contribution in [0.15, 0.2) is 54.6 Å². The van der Waals surface area contributed by atoms with Crippen molar-refractivity contribution in [3.05, 3.63) is 60.2 Å². The summed E-state index contributed by atoms with van der Waals surface area (Å²) in [7, 11) is 0. The topological polar surface area (TPSA) is 97.0 Å². The molecule has 1 unspecified atom stereocenters. The highest BCUT2D eigenvalue weighted by Crippen LogP contribution is 2.24. The van der Waals surface area contributed by atoms with Crippen molar-refractivity contribution >= 4 is 23.5 Å². The van der Waals surface area contributed by atoms with Gasteiger partial charge in [0.25, 0.3) is 0 Å². The molecule has 1 fully saturated rings. The second kappa shape index (κ2) is 13.3. The summed E-state index contributed by atoms with van der Waals surface area (Å²) < 4.78 is 11.0. The van der Waals surface area contributed by atoms with E-state index < -0.39 is 12.0 Å². The molecule has 182 valence electrons. The van der Waals surface area contributed by atoms with Crippen LogP contribution in [0.3, 0.4) is 0 Å². The van der Waals surface area contributed by atoms with Crippen LogP contribution >= 0.6 is 0 Å². The van der Waals surface area contributed by atoms with Crippen LogP contribution in [0.4, 0.5) is 5.69 Å². The number of para-hydroxylation sites is 2. The van der Waals surface area contributed by atoms with Gasteiger partial charge < -0.3 is 20.1 Å². The highest BCUT2D eigenvalue weighted by molar-refractivity contribution is 5.94. The quantitative estimate of drug-likeness (QED) is 0.368. The van der Waals surface area contributed by atoms with E-state index in [-0.39, 0.29) is 24.8 Å². The maximum absolute atomic E-state index is 12.8. The average molecular weight is 468 g/mol. The Labute approximate surface area is 200 Å². The minimum Gasteiger partial charge on any atom is -0.491 e. The summed E-state index contributed by atoms with van der Waals surface area (Å²) in [5.74, 6) is -0.389. The minimum absolute atomic E-state index is 0.0124. The van der Waals surface area contributed by atoms with Gasteiger partial charge >= 0.3 is 5.97 Å². The van der Waals surface area contributed by atoms with Gasteiger partial charge in [-0.15, -0.1) is 0 Å². The molecule has 2 amide bonds. The number of hydrogen-bond donors (Lipinski definition) is 2. The average Bonchev–Trinajstić information content (AvgIpc) is 2.84. The van der Waals surface area contributed by atoms with Crippen molar-refractivity contribution in [3.8, 4) is 5.75 Å². The van der Waals surface area contributed by atoms with Crippen molar-refractivity contribution in [3.63, 3.8) is 0 Å². The molecular formula is C26H33N3O5. The van der Waals surface area contributed by atoms with Gasteiger partial charge in [-0.1, -0.05) is 49.4 Å². The summed E-state index contributed by atoms with van der Waals surface area (Å²) in [4.78, 5) is 38.9. The SMILES string of the molecule is CCCOC(=O)CC1C(=O)NCCN1CC(=O)Nc1ccccc1OCCCc1ccccc1. The molecule has 8 heteroatoms. The Morgan fingerprint density at radius 2 is 1.85 bits per heavy atom. The molecular weight excluding hydrogens is 434 g/mol. The Hall–Kier alpha value is -3.39. The summed E-state index contributed by atoms with van der Waals surface area (Å²) >= 11 is 0. The fraction of sp³-hybridized carbons (Fsp3) is 0.423. The monoisotopic (exact) mass is 467 g/mol. The lowest BCUT2D eigenvalue weighted by molar-refractivity contribution is -0.148. The summed E-state index contributed by atoms with van der Waals surface area (Å²) in [5.41, 5.74) is 1.83. The number of aryl methyl sites for hydroxylation is 1. The summed E-state index contributed by atoms with van der Waals surface area (Å²) in [5, 5.41) is 5.64. The normalized spacial score (nSPS) is 15.9. The number of piperazine rings is 1. The molecule has 0 aliphatic carbocycles. The predicted octanol–water partition coefficient (Wildman–Crippen LogP) is 2.78. The highest BCUT2D eigenvalue weighted by Gasteiger charge is 2.33. The molecule has 2 aromatic carbocycles. The Kier molecular flexibility index (Phi) is 9.91. The predicted molar refractivity (Wildman–Crippen MR) is 130 cm³/mol. The molecule has 34 heavy (non-hydrogen) atoms. The second-order valence-electron chi connectivity index (χ2n) is 8.18. The molecule has 0 aromatic heterocycles. The van der Waals surface area contributed by atoms with Crippen LogP contribution in [0.1, 0.15) is 31.7 Å². The van der Waals surface area contributed by atoms with Crippen molar-refractivity contribution in [2.45, 2.75) is 38.6 Å². The first-order chi connectivity index (χ1) is 16.6. The van der Waals surface area contributed by atoms with Crippen LogP contribution in [0.5, 0.6) is 5.75 Å². The molecule has 0 radical (unpaired) electrons. The largest absolute Gasteiger partial charge is 0.491 e. The zero-order chi connectivity index (χ0) is 24.2. The van der Waals surface area contributed by atoms with Gasteiger partial charge in [0.15, 0.2) is 0 Å². The number of anilines is 1. The molecule has 2 aromatic rings. The van der Waals surface area contributed by atoms with Gasteiger partial charge in [-0.25, -0.2) is 0 Å². The minimum atomic E-state index is -0.728. The Balaban J connectivity index is 1.53. The van der Waals surface area contributed by atoms with E-state index in [1.165, 1.54) is 5.56 Å². The summed E-state index contributed by atoms with van der Waals surface area (Å²) in [6, 6.07) is 16.8. The van der Waals surface area contributed by atoms with Crippen LogP contribution in [0, 0.1) is 0 Å². The van der Waals surface area contributed by atoms with Crippen LogP contribution in [-0.2, 0) is 25.5 Å². The van der Waals surface area contributed by atoms with E-state index in [0.717, 1.165) is 12.8 Å². The third-order valence-electron chi connectivity index (χ3n) is 5.49. The number of rotatable bonds is 12. The van der Waals surface area contributed by atoms with E-state index in [2.05, 4.69) is 22.8 Å². The molecule has 1 atom stereocenters. The molecule has 1 saturated heterocycles. The molecule has 2 N–H and O–H groups in total. The zero-order valence-corrected chi connectivity index (χ0v) is 19.6. The van der Waals surface area contributed by atoms with Crippen LogP contribution in [0.25, 0.3) is 0 Å². The number of hydrogen-bond acceptors (Lipinski definition) is 6. The van der Waals surface area contributed by atoms with Crippen LogP contribution < -0.4 is 15.4 Å². The van der Waals surface area contributed by atoms with Crippen molar-refractivity contribution in [2.24, 2.45) is 0 Å². The van der Waals surface area contributed by atoms with Gasteiger partial charge in [0.05, 0.1) is 31.9 Å². The number of carbonyl (C=O) groups excluding carboxylic acids is 3. The Morgan fingerprint density at radius 3 is 2.65 bits per heavy atom.